The number of carbonyl (C=O) groups excluding carboxylic acids is 1. The van der Waals surface area contributed by atoms with Crippen molar-refractivity contribution in [2.24, 2.45) is 10.9 Å². The molecule has 2 heterocycles. The number of hydrogen-bond acceptors (Lipinski definition) is 5. The number of benzene rings is 2. The van der Waals surface area contributed by atoms with Crippen LogP contribution in [-0.4, -0.2) is 49.5 Å². The van der Waals surface area contributed by atoms with Gasteiger partial charge >= 0.3 is 0 Å². The molecular formula is C23H26FN3O4S2. The highest BCUT2D eigenvalue weighted by Gasteiger charge is 2.33. The maximum absolute atomic E-state index is 13.2. The van der Waals surface area contributed by atoms with Crippen molar-refractivity contribution in [3.63, 3.8) is 0 Å². The van der Waals surface area contributed by atoms with E-state index in [1.165, 1.54) is 27.8 Å². The van der Waals surface area contributed by atoms with Gasteiger partial charge in [-0.1, -0.05) is 23.5 Å². The molecular weight excluding hydrogens is 465 g/mol. The van der Waals surface area contributed by atoms with Crippen LogP contribution in [0.3, 0.4) is 0 Å². The first-order valence-electron chi connectivity index (χ1n) is 10.9. The minimum atomic E-state index is -3.81. The van der Waals surface area contributed by atoms with E-state index >= 15 is 0 Å². The Balaban J connectivity index is 1.59. The average Bonchev–Trinajstić information content (AvgIpc) is 3.16. The smallest absolute Gasteiger partial charge is 0.252 e. The van der Waals surface area contributed by atoms with Gasteiger partial charge in [0.15, 0.2) is 4.80 Å². The van der Waals surface area contributed by atoms with Gasteiger partial charge < -0.3 is 9.30 Å². The second-order valence-corrected chi connectivity index (χ2v) is 10.8. The SMILES string of the molecule is CCOCCn1c(=NC(=O)C2CCCN(S(=O)(=O)c3ccc(F)cc3)C2)sc2ccccc21. The predicted octanol–water partition coefficient (Wildman–Crippen LogP) is 3.41. The van der Waals surface area contributed by atoms with E-state index in [1.54, 1.807) is 0 Å². The van der Waals surface area contributed by atoms with Crippen LogP contribution in [0.2, 0.25) is 0 Å². The fourth-order valence-corrected chi connectivity index (χ4v) is 6.51. The lowest BCUT2D eigenvalue weighted by molar-refractivity contribution is -0.122. The Kier molecular flexibility index (Phi) is 7.38. The van der Waals surface area contributed by atoms with Gasteiger partial charge in [0, 0.05) is 26.2 Å². The Bertz CT molecular complexity index is 1300. The molecule has 1 fully saturated rings. The number of nitrogens with zero attached hydrogens (tertiary/aromatic N) is 3. The number of sulfonamides is 1. The summed E-state index contributed by atoms with van der Waals surface area (Å²) in [5, 5.41) is 0. The second kappa shape index (κ2) is 10.3. The zero-order chi connectivity index (χ0) is 23.4. The molecule has 0 spiro atoms. The summed E-state index contributed by atoms with van der Waals surface area (Å²) in [6.07, 6.45) is 1.13. The molecule has 0 saturated carbocycles. The van der Waals surface area contributed by atoms with E-state index in [1.807, 2.05) is 35.8 Å². The van der Waals surface area contributed by atoms with E-state index < -0.39 is 21.8 Å². The van der Waals surface area contributed by atoms with Gasteiger partial charge in [-0.15, -0.1) is 0 Å². The number of ether oxygens (including phenoxy) is 1. The molecule has 0 bridgehead atoms. The van der Waals surface area contributed by atoms with Crippen molar-refractivity contribution in [2.75, 3.05) is 26.3 Å². The molecule has 0 N–H and O–H groups in total. The van der Waals surface area contributed by atoms with Gasteiger partial charge in [-0.05, 0) is 56.2 Å². The third-order valence-corrected chi connectivity index (χ3v) is 8.58. The normalized spacial score (nSPS) is 18.1. The molecule has 3 aromatic rings. The van der Waals surface area contributed by atoms with Gasteiger partial charge in [-0.3, -0.25) is 4.79 Å². The van der Waals surface area contributed by atoms with E-state index in [4.69, 9.17) is 4.74 Å². The third-order valence-electron chi connectivity index (χ3n) is 5.64. The Morgan fingerprint density at radius 1 is 1.21 bits per heavy atom. The maximum Gasteiger partial charge on any atom is 0.252 e. The summed E-state index contributed by atoms with van der Waals surface area (Å²) in [5.74, 6) is -1.36. The van der Waals surface area contributed by atoms with E-state index in [2.05, 4.69) is 4.99 Å². The summed E-state index contributed by atoms with van der Waals surface area (Å²) in [6.45, 7) is 3.99. The Morgan fingerprint density at radius 2 is 1.97 bits per heavy atom. The lowest BCUT2D eigenvalue weighted by Crippen LogP contribution is -2.42. The number of aromatic nitrogens is 1. The lowest BCUT2D eigenvalue weighted by atomic mass is 9.99. The molecule has 0 radical (unpaired) electrons. The second-order valence-electron chi connectivity index (χ2n) is 7.81. The standard InChI is InChI=1S/C23H26FN3O4S2/c1-2-31-15-14-27-20-7-3-4-8-21(20)32-23(27)25-22(28)17-6-5-13-26(16-17)33(29,30)19-11-9-18(24)10-12-19/h3-4,7-12,17H,2,5-6,13-16H2,1H3. The highest BCUT2D eigenvalue weighted by Crippen LogP contribution is 2.25. The van der Waals surface area contributed by atoms with Crippen molar-refractivity contribution < 1.29 is 22.3 Å². The first kappa shape index (κ1) is 23.7. The van der Waals surface area contributed by atoms with E-state index in [-0.39, 0.29) is 17.3 Å². The number of rotatable bonds is 7. The van der Waals surface area contributed by atoms with Gasteiger partial charge in [-0.2, -0.15) is 9.30 Å². The minimum Gasteiger partial charge on any atom is -0.380 e. The molecule has 176 valence electrons. The molecule has 1 aromatic heterocycles. The molecule has 1 saturated heterocycles. The molecule has 1 aliphatic rings. The number of carbonyl (C=O) groups is 1. The fraction of sp³-hybridized carbons (Fsp3) is 0.391. The topological polar surface area (TPSA) is 81.0 Å². The molecule has 1 aliphatic heterocycles. The van der Waals surface area contributed by atoms with Crippen molar-refractivity contribution in [3.05, 3.63) is 59.1 Å². The molecule has 10 heteroatoms. The van der Waals surface area contributed by atoms with Crippen LogP contribution >= 0.6 is 11.3 Å². The Morgan fingerprint density at radius 3 is 2.73 bits per heavy atom. The van der Waals surface area contributed by atoms with Gasteiger partial charge in [0.1, 0.15) is 5.82 Å². The molecule has 1 amide bonds. The monoisotopic (exact) mass is 491 g/mol. The molecule has 1 unspecified atom stereocenters. The highest BCUT2D eigenvalue weighted by molar-refractivity contribution is 7.89. The average molecular weight is 492 g/mol. The van der Waals surface area contributed by atoms with E-state index in [0.717, 1.165) is 22.3 Å². The van der Waals surface area contributed by atoms with Crippen molar-refractivity contribution in [2.45, 2.75) is 31.2 Å². The van der Waals surface area contributed by atoms with Crippen LogP contribution in [0.15, 0.2) is 58.4 Å². The summed E-state index contributed by atoms with van der Waals surface area (Å²) in [5.41, 5.74) is 0.984. The zero-order valence-corrected chi connectivity index (χ0v) is 19.9. The van der Waals surface area contributed by atoms with Gasteiger partial charge in [0.2, 0.25) is 10.0 Å². The summed E-state index contributed by atoms with van der Waals surface area (Å²) >= 11 is 1.43. The minimum absolute atomic E-state index is 0.0206. The van der Waals surface area contributed by atoms with E-state index in [9.17, 15) is 17.6 Å². The van der Waals surface area contributed by atoms with Crippen molar-refractivity contribution in [1.29, 1.82) is 0 Å². The first-order valence-corrected chi connectivity index (χ1v) is 13.2. The molecule has 4 rings (SSSR count). The summed E-state index contributed by atoms with van der Waals surface area (Å²) in [4.78, 5) is 18.1. The summed E-state index contributed by atoms with van der Waals surface area (Å²) in [7, 11) is -3.81. The van der Waals surface area contributed by atoms with Crippen molar-refractivity contribution in [3.8, 4) is 0 Å². The van der Waals surface area contributed by atoms with Crippen LogP contribution in [0.5, 0.6) is 0 Å². The van der Waals surface area contributed by atoms with Crippen LogP contribution in [0.4, 0.5) is 4.39 Å². The van der Waals surface area contributed by atoms with Gasteiger partial charge in [0.05, 0.1) is 27.6 Å². The maximum atomic E-state index is 13.2. The zero-order valence-electron chi connectivity index (χ0n) is 18.3. The Labute approximate surface area is 196 Å². The summed E-state index contributed by atoms with van der Waals surface area (Å²) in [6, 6.07) is 12.6. The quantitative estimate of drug-likeness (QED) is 0.475. The largest absolute Gasteiger partial charge is 0.380 e. The van der Waals surface area contributed by atoms with E-state index in [0.29, 0.717) is 43.9 Å². The fourth-order valence-electron chi connectivity index (χ4n) is 3.93. The van der Waals surface area contributed by atoms with Crippen LogP contribution < -0.4 is 4.80 Å². The van der Waals surface area contributed by atoms with Crippen LogP contribution in [0.1, 0.15) is 19.8 Å². The van der Waals surface area contributed by atoms with Gasteiger partial charge in [0.25, 0.3) is 5.91 Å². The molecule has 1 atom stereocenters. The number of fused-ring (bicyclic) bond motifs is 1. The third kappa shape index (κ3) is 5.24. The Hall–Kier alpha value is -2.40. The van der Waals surface area contributed by atoms with Crippen LogP contribution in [0.25, 0.3) is 10.2 Å². The number of piperidine rings is 1. The molecule has 33 heavy (non-hydrogen) atoms. The number of para-hydroxylation sites is 1. The molecule has 0 aliphatic carbocycles. The number of hydrogen-bond donors (Lipinski definition) is 0. The van der Waals surface area contributed by atoms with Gasteiger partial charge in [-0.25, -0.2) is 12.8 Å². The number of amides is 1. The molecule has 2 aromatic carbocycles. The lowest BCUT2D eigenvalue weighted by Gasteiger charge is -2.30. The first-order chi connectivity index (χ1) is 15.9. The van der Waals surface area contributed by atoms with Crippen LogP contribution in [0, 0.1) is 11.7 Å². The number of thiazole rings is 1. The van der Waals surface area contributed by atoms with Crippen molar-refractivity contribution in [1.82, 2.24) is 8.87 Å². The highest BCUT2D eigenvalue weighted by atomic mass is 32.2. The molecule has 7 nitrogen and oxygen atoms in total. The number of halogens is 1. The van der Waals surface area contributed by atoms with Crippen molar-refractivity contribution >= 4 is 37.5 Å². The predicted molar refractivity (Wildman–Crippen MR) is 125 cm³/mol. The van der Waals surface area contributed by atoms with Crippen LogP contribution in [-0.2, 0) is 26.1 Å². The summed E-state index contributed by atoms with van der Waals surface area (Å²) < 4.78 is 49.0.